The second kappa shape index (κ2) is 13.8. The van der Waals surface area contributed by atoms with Gasteiger partial charge in [0.1, 0.15) is 12.4 Å². The van der Waals surface area contributed by atoms with Crippen molar-refractivity contribution < 1.29 is 24.5 Å². The van der Waals surface area contributed by atoms with Crippen molar-refractivity contribution >= 4 is 11.8 Å². The molecule has 2 aromatic carbocycles. The normalized spacial score (nSPS) is 16.1. The Balaban J connectivity index is 1.50. The van der Waals surface area contributed by atoms with E-state index in [1.54, 1.807) is 6.08 Å². The molecule has 7 nitrogen and oxygen atoms in total. The maximum Gasteiger partial charge on any atom is 0.224 e. The van der Waals surface area contributed by atoms with Gasteiger partial charge < -0.3 is 25.6 Å². The van der Waals surface area contributed by atoms with Gasteiger partial charge in [0.05, 0.1) is 30.7 Å². The molecule has 1 aliphatic carbocycles. The summed E-state index contributed by atoms with van der Waals surface area (Å²) in [6, 6.07) is 17.0. The number of nitrogens with one attached hydrogen (secondary N) is 2. The van der Waals surface area contributed by atoms with E-state index >= 15 is 0 Å². The molecule has 2 amide bonds. The van der Waals surface area contributed by atoms with Crippen molar-refractivity contribution in [2.75, 3.05) is 13.2 Å². The van der Waals surface area contributed by atoms with Crippen LogP contribution in [-0.4, -0.2) is 46.8 Å². The van der Waals surface area contributed by atoms with Gasteiger partial charge in [0.25, 0.3) is 0 Å². The topological polar surface area (TPSA) is 108 Å². The first-order chi connectivity index (χ1) is 17.5. The van der Waals surface area contributed by atoms with Crippen LogP contribution in [0.5, 0.6) is 5.75 Å². The Kier molecular flexibility index (Phi) is 10.5. The highest BCUT2D eigenvalue weighted by molar-refractivity contribution is 5.86. The predicted molar refractivity (Wildman–Crippen MR) is 139 cm³/mol. The van der Waals surface area contributed by atoms with Crippen molar-refractivity contribution in [3.05, 3.63) is 78.4 Å². The lowest BCUT2D eigenvalue weighted by Gasteiger charge is -2.30. The molecule has 7 heteroatoms. The molecule has 0 aliphatic heterocycles. The highest BCUT2D eigenvalue weighted by atomic mass is 16.5. The predicted octanol–water partition coefficient (Wildman–Crippen LogP) is 3.29. The third kappa shape index (κ3) is 8.21. The molecule has 1 fully saturated rings. The second-order valence-electron chi connectivity index (χ2n) is 9.63. The molecule has 2 aromatic rings. The van der Waals surface area contributed by atoms with E-state index in [1.807, 2.05) is 54.6 Å². The maximum atomic E-state index is 12.9. The molecule has 0 heterocycles. The average Bonchev–Trinajstić information content (AvgIpc) is 3.37. The summed E-state index contributed by atoms with van der Waals surface area (Å²) in [5.74, 6) is -0.378. The summed E-state index contributed by atoms with van der Waals surface area (Å²) in [6.45, 7) is 3.88. The van der Waals surface area contributed by atoms with Crippen molar-refractivity contribution in [1.82, 2.24) is 10.6 Å². The number of hydrogen-bond donors (Lipinski definition) is 4. The number of carbonyl (C=O) groups excluding carboxylic acids is 2. The summed E-state index contributed by atoms with van der Waals surface area (Å²) in [4.78, 5) is 25.6. The van der Waals surface area contributed by atoms with Crippen LogP contribution in [-0.2, 0) is 22.6 Å². The van der Waals surface area contributed by atoms with Gasteiger partial charge in [-0.1, -0.05) is 61.4 Å². The number of aliphatic hydroxyl groups excluding tert-OH is 2. The van der Waals surface area contributed by atoms with Crippen molar-refractivity contribution in [3.63, 3.8) is 0 Å². The van der Waals surface area contributed by atoms with Gasteiger partial charge in [-0.3, -0.25) is 9.59 Å². The fourth-order valence-electron chi connectivity index (χ4n) is 4.64. The number of benzene rings is 2. The van der Waals surface area contributed by atoms with Gasteiger partial charge in [0, 0.05) is 6.42 Å². The fraction of sp³-hybridized carbons (Fsp3) is 0.448. The number of amides is 2. The number of carbonyl (C=O) groups is 2. The smallest absolute Gasteiger partial charge is 0.224 e. The van der Waals surface area contributed by atoms with E-state index in [9.17, 15) is 19.8 Å². The van der Waals surface area contributed by atoms with E-state index in [4.69, 9.17) is 4.74 Å². The quantitative estimate of drug-likeness (QED) is 0.302. The Labute approximate surface area is 213 Å². The first-order valence-corrected chi connectivity index (χ1v) is 12.7. The van der Waals surface area contributed by atoms with Gasteiger partial charge >= 0.3 is 0 Å². The molecule has 0 saturated heterocycles. The van der Waals surface area contributed by atoms with Crippen LogP contribution in [0.3, 0.4) is 0 Å². The van der Waals surface area contributed by atoms with E-state index in [0.717, 1.165) is 42.6 Å². The standard InChI is InChI=1S/C29H38N2O5/c1-2-8-24(28(35)31-29(21-33)15-6-7-16-29)18-27(34)30-25(19-32)17-22-11-13-26(14-12-22)36-20-23-9-4-3-5-10-23/h2-5,9-14,24-25,32-33H,1,6-8,15-21H2,(H,30,34)(H,31,35)/t24-,25-/m0/s1. The van der Waals surface area contributed by atoms with Crippen LogP contribution in [0.4, 0.5) is 0 Å². The first-order valence-electron chi connectivity index (χ1n) is 12.7. The van der Waals surface area contributed by atoms with Gasteiger partial charge in [-0.2, -0.15) is 0 Å². The Bertz CT molecular complexity index is 971. The molecule has 0 aromatic heterocycles. The summed E-state index contributed by atoms with van der Waals surface area (Å²) in [6.07, 6.45) is 5.83. The molecule has 0 spiro atoms. The Morgan fingerprint density at radius 1 is 1.03 bits per heavy atom. The van der Waals surface area contributed by atoms with E-state index in [-0.39, 0.29) is 31.4 Å². The lowest BCUT2D eigenvalue weighted by atomic mass is 9.94. The molecule has 0 unspecified atom stereocenters. The van der Waals surface area contributed by atoms with E-state index in [0.29, 0.717) is 19.4 Å². The van der Waals surface area contributed by atoms with E-state index in [2.05, 4.69) is 17.2 Å². The highest BCUT2D eigenvalue weighted by Crippen LogP contribution is 2.30. The summed E-state index contributed by atoms with van der Waals surface area (Å²) < 4.78 is 5.81. The number of ether oxygens (including phenoxy) is 1. The molecular weight excluding hydrogens is 456 g/mol. The van der Waals surface area contributed by atoms with E-state index < -0.39 is 17.5 Å². The minimum atomic E-state index is -0.586. The highest BCUT2D eigenvalue weighted by Gasteiger charge is 2.36. The summed E-state index contributed by atoms with van der Waals surface area (Å²) in [7, 11) is 0. The van der Waals surface area contributed by atoms with Crippen molar-refractivity contribution in [2.24, 2.45) is 5.92 Å². The van der Waals surface area contributed by atoms with Crippen molar-refractivity contribution in [2.45, 2.75) is 63.1 Å². The lowest BCUT2D eigenvalue weighted by Crippen LogP contribution is -2.51. The Morgan fingerprint density at radius 2 is 1.72 bits per heavy atom. The van der Waals surface area contributed by atoms with Gasteiger partial charge in [-0.15, -0.1) is 6.58 Å². The fourth-order valence-corrected chi connectivity index (χ4v) is 4.64. The number of hydrogen-bond acceptors (Lipinski definition) is 5. The molecule has 1 aliphatic rings. The third-order valence-electron chi connectivity index (χ3n) is 6.74. The Hall–Kier alpha value is -3.16. The largest absolute Gasteiger partial charge is 0.489 e. The van der Waals surface area contributed by atoms with Crippen LogP contribution in [0, 0.1) is 5.92 Å². The van der Waals surface area contributed by atoms with Crippen LogP contribution in [0.25, 0.3) is 0 Å². The Morgan fingerprint density at radius 3 is 2.33 bits per heavy atom. The number of rotatable bonds is 14. The van der Waals surface area contributed by atoms with Gasteiger partial charge in [0.15, 0.2) is 0 Å². The zero-order valence-electron chi connectivity index (χ0n) is 20.8. The molecule has 1 saturated carbocycles. The lowest BCUT2D eigenvalue weighted by molar-refractivity contribution is -0.132. The average molecular weight is 495 g/mol. The zero-order chi connectivity index (χ0) is 25.8. The van der Waals surface area contributed by atoms with Gasteiger partial charge in [-0.05, 0) is 48.9 Å². The number of allylic oxidation sites excluding steroid dienone is 1. The minimum Gasteiger partial charge on any atom is -0.489 e. The summed E-state index contributed by atoms with van der Waals surface area (Å²) in [5.41, 5.74) is 1.45. The molecule has 3 rings (SSSR count). The van der Waals surface area contributed by atoms with Crippen LogP contribution >= 0.6 is 0 Å². The maximum absolute atomic E-state index is 12.9. The van der Waals surface area contributed by atoms with Crippen LogP contribution in [0.2, 0.25) is 0 Å². The first kappa shape index (κ1) is 27.4. The molecule has 4 N–H and O–H groups in total. The van der Waals surface area contributed by atoms with Crippen LogP contribution in [0.1, 0.15) is 49.7 Å². The van der Waals surface area contributed by atoms with Gasteiger partial charge in [0.2, 0.25) is 11.8 Å². The minimum absolute atomic E-state index is 0.0118. The summed E-state index contributed by atoms with van der Waals surface area (Å²) >= 11 is 0. The molecular formula is C29H38N2O5. The van der Waals surface area contributed by atoms with Crippen LogP contribution < -0.4 is 15.4 Å². The zero-order valence-corrected chi connectivity index (χ0v) is 20.8. The SMILES string of the molecule is C=CC[C@@H](CC(=O)N[C@H](CO)Cc1ccc(OCc2ccccc2)cc1)C(=O)NC1(CO)CCCC1. The van der Waals surface area contributed by atoms with Gasteiger partial charge in [-0.25, -0.2) is 0 Å². The van der Waals surface area contributed by atoms with Crippen molar-refractivity contribution in [1.29, 1.82) is 0 Å². The molecule has 0 bridgehead atoms. The summed E-state index contributed by atoms with van der Waals surface area (Å²) in [5, 5.41) is 25.5. The molecule has 0 radical (unpaired) electrons. The third-order valence-corrected chi connectivity index (χ3v) is 6.74. The monoisotopic (exact) mass is 494 g/mol. The molecule has 36 heavy (non-hydrogen) atoms. The van der Waals surface area contributed by atoms with Crippen molar-refractivity contribution in [3.8, 4) is 5.75 Å². The van der Waals surface area contributed by atoms with Crippen LogP contribution in [0.15, 0.2) is 67.3 Å². The number of aliphatic hydroxyl groups is 2. The second-order valence-corrected chi connectivity index (χ2v) is 9.63. The van der Waals surface area contributed by atoms with E-state index in [1.165, 1.54) is 0 Å². The molecule has 194 valence electrons. The molecule has 2 atom stereocenters.